The summed E-state index contributed by atoms with van der Waals surface area (Å²) in [7, 11) is 10.00. The number of carbonyl (C=O) groups is 11. The Morgan fingerprint density at radius 2 is 0.930 bits per heavy atom. The number of ketones is 3. The van der Waals surface area contributed by atoms with Crippen molar-refractivity contribution in [2.75, 3.05) is 55.9 Å². The van der Waals surface area contributed by atoms with E-state index in [9.17, 15) is 53.4 Å². The molecule has 1 aliphatic heterocycles. The zero-order valence-corrected chi connectivity index (χ0v) is 57.0. The molecule has 1 fully saturated rings. The first kappa shape index (κ1) is 78.4. The highest BCUT2D eigenvalue weighted by atomic mass is 16.3. The summed E-state index contributed by atoms with van der Waals surface area (Å²) in [4.78, 5) is 170. The van der Waals surface area contributed by atoms with Crippen molar-refractivity contribution in [1.29, 1.82) is 0 Å². The minimum absolute atomic E-state index is 0.000893. The molecular formula is C65H114N8O13. The second kappa shape index (κ2) is 35.4. The van der Waals surface area contributed by atoms with Crippen LogP contribution in [0.4, 0.5) is 0 Å². The van der Waals surface area contributed by atoms with Crippen LogP contribution in [0, 0.1) is 59.2 Å². The SMILES string of the molecule is C/C=C/C[C@@H](C)[C@@H](O)[C@H]1C(=O)N[C@@H](CC)C(=O)N(C)[C@H](C)C(=O)N(C)[C@@H]([C@H](C)CO)C(=O)C[C@@H](C(C)C)C(=O)N(C)[C@@H](CC(C)C)C(=O)C[C@@H](C)C(=O)C[C@H](C)C(=O)N(C)[C@@H](CC(C)C)C(=O)N(C)[C@@H](CC(C)C)C(=O)N(C)[C@@H](C(C)C)C(=O)N1C. The number of aliphatic hydroxyl groups is 2. The highest BCUT2D eigenvalue weighted by Gasteiger charge is 2.46. The van der Waals surface area contributed by atoms with Crippen LogP contribution in [0.3, 0.4) is 0 Å². The van der Waals surface area contributed by atoms with Crippen LogP contribution < -0.4 is 5.32 Å². The number of Topliss-reactive ketones (excluding diaryl/α,β-unsaturated/α-hetero) is 3. The molecule has 1 rings (SSSR count). The lowest BCUT2D eigenvalue weighted by Crippen LogP contribution is -2.63. The number of carbonyl (C=O) groups excluding carboxylic acids is 11. The maximum absolute atomic E-state index is 15.2. The summed E-state index contributed by atoms with van der Waals surface area (Å²) < 4.78 is 0. The Morgan fingerprint density at radius 3 is 1.38 bits per heavy atom. The second-order valence-corrected chi connectivity index (χ2v) is 26.9. The fraction of sp³-hybridized carbons (Fsp3) is 0.800. The molecule has 1 aliphatic rings. The molecule has 21 nitrogen and oxygen atoms in total. The molecule has 0 aromatic rings. The summed E-state index contributed by atoms with van der Waals surface area (Å²) in [5, 5.41) is 25.4. The normalized spacial score (nSPS) is 28.2. The van der Waals surface area contributed by atoms with E-state index >= 15 is 9.59 Å². The predicted molar refractivity (Wildman–Crippen MR) is 333 cm³/mol. The zero-order valence-electron chi connectivity index (χ0n) is 57.0. The van der Waals surface area contributed by atoms with Crippen LogP contribution in [0.1, 0.15) is 169 Å². The van der Waals surface area contributed by atoms with Crippen molar-refractivity contribution >= 4 is 64.6 Å². The molecule has 0 aromatic heterocycles. The standard InChI is InChI=1S/C65H114N8O13/c1-25-27-28-41(13)57(78)56-58(79)66-47(26-2)62(83)67(18)45(17)60(81)72(23)55(44(16)35-74)53(77)34-46(39(9)10)61(82)68(19)48(29-36(3)4)52(76)32-42(14)51(75)33-43(15)59(80)69(20)49(30-37(5)6)63(84)70(21)50(31-38(7)8)64(85)71(22)54(40(11)12)65(86)73(56)24/h25,27,36-50,54-57,74,78H,26,28-35H2,1-24H3,(H,66,79)/b27-25+/t41-,42-,43+,44-,45-,46+,47+,48+,49+,50+,54+,55+,56+,57-/m1/s1. The van der Waals surface area contributed by atoms with Crippen molar-refractivity contribution in [3.05, 3.63) is 12.2 Å². The summed E-state index contributed by atoms with van der Waals surface area (Å²) in [6, 6.07) is -9.95. The van der Waals surface area contributed by atoms with E-state index in [0.29, 0.717) is 6.42 Å². The van der Waals surface area contributed by atoms with Gasteiger partial charge >= 0.3 is 0 Å². The van der Waals surface area contributed by atoms with Crippen molar-refractivity contribution in [2.24, 2.45) is 59.2 Å². The van der Waals surface area contributed by atoms with Crippen molar-refractivity contribution in [2.45, 2.75) is 224 Å². The molecule has 0 saturated carbocycles. The molecule has 86 heavy (non-hydrogen) atoms. The van der Waals surface area contributed by atoms with Gasteiger partial charge in [0.05, 0.1) is 18.2 Å². The second-order valence-electron chi connectivity index (χ2n) is 26.9. The number of nitrogens with zero attached hydrogens (tertiary/aromatic N) is 7. The average Bonchev–Trinajstić information content (AvgIpc) is 1.84. The third-order valence-corrected chi connectivity index (χ3v) is 17.6. The predicted octanol–water partition coefficient (Wildman–Crippen LogP) is 5.51. The molecule has 1 heterocycles. The Kier molecular flexibility index (Phi) is 32.3. The van der Waals surface area contributed by atoms with Gasteiger partial charge in [0, 0.05) is 98.9 Å². The first-order valence-corrected chi connectivity index (χ1v) is 31.3. The maximum Gasteiger partial charge on any atom is 0.246 e. The van der Waals surface area contributed by atoms with Gasteiger partial charge in [0.15, 0.2) is 11.6 Å². The van der Waals surface area contributed by atoms with Gasteiger partial charge in [0.2, 0.25) is 47.3 Å². The number of allylic oxidation sites excluding steroid dienone is 2. The largest absolute Gasteiger partial charge is 0.396 e. The Labute approximate surface area is 516 Å². The summed E-state index contributed by atoms with van der Waals surface area (Å²) in [6.07, 6.45) is 2.06. The van der Waals surface area contributed by atoms with E-state index < -0.39 is 156 Å². The van der Waals surface area contributed by atoms with E-state index in [1.165, 1.54) is 75.9 Å². The third-order valence-electron chi connectivity index (χ3n) is 17.6. The fourth-order valence-corrected chi connectivity index (χ4v) is 11.7. The highest BCUT2D eigenvalue weighted by Crippen LogP contribution is 2.29. The molecule has 21 heteroatoms. The smallest absolute Gasteiger partial charge is 0.246 e. The summed E-state index contributed by atoms with van der Waals surface area (Å²) >= 11 is 0. The molecule has 0 unspecified atom stereocenters. The summed E-state index contributed by atoms with van der Waals surface area (Å²) in [5.74, 6) is -12.2. The van der Waals surface area contributed by atoms with Crippen LogP contribution in [-0.2, 0) is 52.7 Å². The number of hydrogen-bond acceptors (Lipinski definition) is 13. The first-order valence-electron chi connectivity index (χ1n) is 31.3. The number of rotatable bonds is 15. The third kappa shape index (κ3) is 20.8. The maximum atomic E-state index is 15.2. The van der Waals surface area contributed by atoms with E-state index in [1.807, 2.05) is 41.5 Å². The van der Waals surface area contributed by atoms with Crippen LogP contribution in [-0.4, -0.2) is 219 Å². The van der Waals surface area contributed by atoms with Crippen LogP contribution in [0.2, 0.25) is 0 Å². The van der Waals surface area contributed by atoms with Gasteiger partial charge in [-0.15, -0.1) is 0 Å². The molecule has 0 radical (unpaired) electrons. The van der Waals surface area contributed by atoms with Crippen LogP contribution in [0.15, 0.2) is 12.2 Å². The molecule has 14 atom stereocenters. The number of amides is 8. The lowest BCUT2D eigenvalue weighted by Gasteiger charge is -2.41. The molecular weight excluding hydrogens is 1100 g/mol. The van der Waals surface area contributed by atoms with E-state index in [-0.39, 0.29) is 74.3 Å². The van der Waals surface area contributed by atoms with Gasteiger partial charge in [-0.3, -0.25) is 52.7 Å². The molecule has 0 aliphatic carbocycles. The Hall–Kier alpha value is -5.57. The van der Waals surface area contributed by atoms with Crippen molar-refractivity contribution in [3.63, 3.8) is 0 Å². The fourth-order valence-electron chi connectivity index (χ4n) is 11.7. The molecule has 0 bridgehead atoms. The van der Waals surface area contributed by atoms with E-state index in [4.69, 9.17) is 0 Å². The van der Waals surface area contributed by atoms with Gasteiger partial charge in [-0.1, -0.05) is 116 Å². The zero-order chi connectivity index (χ0) is 66.8. The van der Waals surface area contributed by atoms with Gasteiger partial charge in [0.25, 0.3) is 0 Å². The minimum atomic E-state index is -1.63. The summed E-state index contributed by atoms with van der Waals surface area (Å²) in [5.41, 5.74) is 0. The monoisotopic (exact) mass is 1210 g/mol. The number of hydrogen-bond donors (Lipinski definition) is 3. The quantitative estimate of drug-likeness (QED) is 0.171. The van der Waals surface area contributed by atoms with Crippen LogP contribution >= 0.6 is 0 Å². The van der Waals surface area contributed by atoms with Gasteiger partial charge in [-0.05, 0) is 81.5 Å². The van der Waals surface area contributed by atoms with Gasteiger partial charge in [-0.2, -0.15) is 0 Å². The topological polar surface area (TPSA) is 263 Å². The van der Waals surface area contributed by atoms with Crippen molar-refractivity contribution in [1.82, 2.24) is 39.6 Å². The van der Waals surface area contributed by atoms with Gasteiger partial charge in [-0.25, -0.2) is 0 Å². The lowest BCUT2D eigenvalue weighted by atomic mass is 9.83. The Balaban J connectivity index is 4.38. The minimum Gasteiger partial charge on any atom is -0.396 e. The van der Waals surface area contributed by atoms with Crippen LogP contribution in [0.25, 0.3) is 0 Å². The van der Waals surface area contributed by atoms with E-state index in [1.54, 1.807) is 81.4 Å². The number of nitrogens with one attached hydrogen (secondary N) is 1. The molecule has 0 aromatic carbocycles. The average molecular weight is 1220 g/mol. The highest BCUT2D eigenvalue weighted by molar-refractivity contribution is 6.00. The van der Waals surface area contributed by atoms with Crippen molar-refractivity contribution < 1.29 is 63.0 Å². The van der Waals surface area contributed by atoms with Gasteiger partial charge < -0.3 is 49.8 Å². The lowest BCUT2D eigenvalue weighted by molar-refractivity contribution is -0.157. The number of aliphatic hydroxyl groups excluding tert-OH is 2. The van der Waals surface area contributed by atoms with E-state index in [2.05, 4.69) is 5.32 Å². The molecule has 8 amide bonds. The Morgan fingerprint density at radius 1 is 0.488 bits per heavy atom. The number of likely N-dealkylation sites (N-methyl/N-ethyl adjacent to an activating group) is 7. The van der Waals surface area contributed by atoms with Crippen molar-refractivity contribution in [3.8, 4) is 0 Å². The molecule has 492 valence electrons. The molecule has 1 saturated heterocycles. The van der Waals surface area contributed by atoms with E-state index in [0.717, 1.165) is 14.7 Å². The van der Waals surface area contributed by atoms with Gasteiger partial charge in [0.1, 0.15) is 42.0 Å². The van der Waals surface area contributed by atoms with Crippen LogP contribution in [0.5, 0.6) is 0 Å². The first-order chi connectivity index (χ1) is 39.7. The Bertz CT molecular complexity index is 2360. The summed E-state index contributed by atoms with van der Waals surface area (Å²) in [6.45, 7) is 29.1. The molecule has 3 N–H and O–H groups in total. The molecule has 0 spiro atoms.